The van der Waals surface area contributed by atoms with Crippen LogP contribution in [0.5, 0.6) is 0 Å². The summed E-state index contributed by atoms with van der Waals surface area (Å²) < 4.78 is 25.9. The van der Waals surface area contributed by atoms with E-state index in [0.717, 1.165) is 6.42 Å². The third kappa shape index (κ3) is 3.89. The second-order valence-electron chi connectivity index (χ2n) is 5.05. The van der Waals surface area contributed by atoms with E-state index >= 15 is 0 Å². The molecule has 0 aromatic carbocycles. The van der Waals surface area contributed by atoms with Gasteiger partial charge in [0.1, 0.15) is 0 Å². The number of carbonyl (C=O) groups excluding carboxylic acids is 2. The molecular weight excluding hydrogens is 328 g/mol. The van der Waals surface area contributed by atoms with Crippen molar-refractivity contribution in [2.45, 2.75) is 31.0 Å². The second kappa shape index (κ2) is 6.53. The van der Waals surface area contributed by atoms with E-state index in [0.29, 0.717) is 17.8 Å². The van der Waals surface area contributed by atoms with E-state index < -0.39 is 15.9 Å². The summed E-state index contributed by atoms with van der Waals surface area (Å²) in [6.07, 6.45) is 5.10. The first-order chi connectivity index (χ1) is 10.3. The number of nitrogens with one attached hydrogen (secondary N) is 2. The molecule has 10 heteroatoms. The molecule has 1 aliphatic carbocycles. The molecule has 0 aliphatic heterocycles. The van der Waals surface area contributed by atoms with Crippen LogP contribution in [0.1, 0.15) is 26.7 Å². The summed E-state index contributed by atoms with van der Waals surface area (Å²) in [6.45, 7) is 3.18. The highest BCUT2D eigenvalue weighted by Gasteiger charge is 2.30. The molecule has 1 aromatic heterocycles. The van der Waals surface area contributed by atoms with Gasteiger partial charge in [0.15, 0.2) is 0 Å². The normalized spacial score (nSPS) is 21.4. The van der Waals surface area contributed by atoms with Crippen LogP contribution < -0.4 is 10.0 Å². The lowest BCUT2D eigenvalue weighted by Gasteiger charge is -2.23. The monoisotopic (exact) mass is 344 g/mol. The summed E-state index contributed by atoms with van der Waals surface area (Å²) in [6, 6.07) is 0. The van der Waals surface area contributed by atoms with Crippen molar-refractivity contribution in [3.63, 3.8) is 0 Å². The highest BCUT2D eigenvalue weighted by atomic mass is 32.2. The summed E-state index contributed by atoms with van der Waals surface area (Å²) in [5, 5.41) is 9.45. The van der Waals surface area contributed by atoms with Crippen LogP contribution in [0, 0.1) is 11.8 Å². The average Bonchev–Trinajstić information content (AvgIpc) is 2.87. The first kappa shape index (κ1) is 16.6. The van der Waals surface area contributed by atoms with Crippen LogP contribution in [0.4, 0.5) is 5.13 Å². The van der Waals surface area contributed by atoms with Gasteiger partial charge in [-0.15, -0.1) is 10.2 Å². The fraction of sp³-hybridized carbons (Fsp3) is 0.500. The maximum Gasteiger partial charge on any atom is 0.293 e. The molecule has 2 N–H and O–H groups in total. The predicted octanol–water partition coefficient (Wildman–Crippen LogP) is 0.904. The Hall–Kier alpha value is -1.81. The van der Waals surface area contributed by atoms with Crippen LogP contribution in [0.3, 0.4) is 0 Å². The molecule has 0 saturated carbocycles. The standard InChI is InChI=1S/C12H16N4O4S2/c1-7-5-3-4-6-9(7)10(18)16-22(19,20)12-15-14-11(21-12)13-8(2)17/h3-4,7,9H,5-6H2,1-2H3,(H,16,18)(H,13,14,17)/t7-,9-/m1/s1. The predicted molar refractivity (Wildman–Crippen MR) is 80.6 cm³/mol. The topological polar surface area (TPSA) is 118 Å². The highest BCUT2D eigenvalue weighted by molar-refractivity contribution is 7.92. The lowest BCUT2D eigenvalue weighted by Crippen LogP contribution is -2.38. The van der Waals surface area contributed by atoms with Crippen LogP contribution >= 0.6 is 11.3 Å². The fourth-order valence-electron chi connectivity index (χ4n) is 2.09. The van der Waals surface area contributed by atoms with Crippen molar-refractivity contribution in [1.29, 1.82) is 0 Å². The van der Waals surface area contributed by atoms with Crippen LogP contribution in [-0.2, 0) is 19.6 Å². The Labute approximate surface area is 132 Å². The summed E-state index contributed by atoms with van der Waals surface area (Å²) in [7, 11) is -4.08. The molecule has 0 fully saturated rings. The summed E-state index contributed by atoms with van der Waals surface area (Å²) in [5.41, 5.74) is 0. The number of nitrogens with zero attached hydrogens (tertiary/aromatic N) is 2. The zero-order chi connectivity index (χ0) is 16.3. The van der Waals surface area contributed by atoms with E-state index in [9.17, 15) is 18.0 Å². The number of hydrogen-bond donors (Lipinski definition) is 2. The maximum absolute atomic E-state index is 12.1. The number of allylic oxidation sites excluding steroid dienone is 2. The molecule has 1 aromatic rings. The molecule has 0 unspecified atom stereocenters. The summed E-state index contributed by atoms with van der Waals surface area (Å²) >= 11 is 0.687. The maximum atomic E-state index is 12.1. The molecule has 120 valence electrons. The van der Waals surface area contributed by atoms with Crippen LogP contribution in [0.25, 0.3) is 0 Å². The number of sulfonamides is 1. The zero-order valence-electron chi connectivity index (χ0n) is 12.1. The van der Waals surface area contributed by atoms with Crippen molar-refractivity contribution in [1.82, 2.24) is 14.9 Å². The molecule has 1 heterocycles. The number of hydrogen-bond acceptors (Lipinski definition) is 7. The Morgan fingerprint density at radius 2 is 1.95 bits per heavy atom. The minimum Gasteiger partial charge on any atom is -0.301 e. The molecule has 0 bridgehead atoms. The quantitative estimate of drug-likeness (QED) is 0.619. The number of carbonyl (C=O) groups is 2. The smallest absolute Gasteiger partial charge is 0.293 e. The number of aromatic nitrogens is 2. The summed E-state index contributed by atoms with van der Waals surface area (Å²) in [5.74, 6) is -1.24. The van der Waals surface area contributed by atoms with Crippen molar-refractivity contribution < 1.29 is 18.0 Å². The minimum atomic E-state index is -4.08. The van der Waals surface area contributed by atoms with Gasteiger partial charge in [-0.05, 0) is 18.8 Å². The van der Waals surface area contributed by atoms with Gasteiger partial charge in [-0.1, -0.05) is 30.4 Å². The first-order valence-electron chi connectivity index (χ1n) is 6.62. The van der Waals surface area contributed by atoms with Crippen molar-refractivity contribution in [2.75, 3.05) is 5.32 Å². The van der Waals surface area contributed by atoms with E-state index in [4.69, 9.17) is 0 Å². The molecular formula is C12H16N4O4S2. The van der Waals surface area contributed by atoms with Gasteiger partial charge in [0, 0.05) is 12.8 Å². The highest BCUT2D eigenvalue weighted by Crippen LogP contribution is 2.26. The molecule has 22 heavy (non-hydrogen) atoms. The number of anilines is 1. The van der Waals surface area contributed by atoms with Crippen molar-refractivity contribution in [2.24, 2.45) is 11.8 Å². The lowest BCUT2D eigenvalue weighted by molar-refractivity contribution is -0.124. The minimum absolute atomic E-state index is 0.0642. The van der Waals surface area contributed by atoms with Crippen molar-refractivity contribution in [3.8, 4) is 0 Å². The van der Waals surface area contributed by atoms with Crippen LogP contribution in [0.2, 0.25) is 0 Å². The Kier molecular flexibility index (Phi) is 4.91. The second-order valence-corrected chi connectivity index (χ2v) is 7.88. The Morgan fingerprint density at radius 3 is 2.59 bits per heavy atom. The van der Waals surface area contributed by atoms with Gasteiger partial charge in [-0.3, -0.25) is 9.59 Å². The zero-order valence-corrected chi connectivity index (χ0v) is 13.7. The number of rotatable bonds is 4. The summed E-state index contributed by atoms with van der Waals surface area (Å²) in [4.78, 5) is 23.0. The van der Waals surface area contributed by atoms with E-state index in [1.807, 2.05) is 23.8 Å². The van der Waals surface area contributed by atoms with E-state index in [2.05, 4.69) is 15.5 Å². The van der Waals surface area contributed by atoms with E-state index in [1.54, 1.807) is 0 Å². The Balaban J connectivity index is 2.10. The van der Waals surface area contributed by atoms with Gasteiger partial charge in [0.25, 0.3) is 14.4 Å². The average molecular weight is 344 g/mol. The molecule has 2 atom stereocenters. The van der Waals surface area contributed by atoms with E-state index in [1.165, 1.54) is 6.92 Å². The van der Waals surface area contributed by atoms with Crippen molar-refractivity contribution >= 4 is 38.3 Å². The van der Waals surface area contributed by atoms with Crippen LogP contribution in [0.15, 0.2) is 16.5 Å². The molecule has 0 spiro atoms. The van der Waals surface area contributed by atoms with Gasteiger partial charge in [0.2, 0.25) is 16.9 Å². The van der Waals surface area contributed by atoms with Gasteiger partial charge in [-0.2, -0.15) is 8.42 Å². The van der Waals surface area contributed by atoms with Crippen LogP contribution in [-0.4, -0.2) is 30.4 Å². The molecule has 1 aliphatic rings. The van der Waals surface area contributed by atoms with Gasteiger partial charge in [-0.25, -0.2) is 4.72 Å². The van der Waals surface area contributed by atoms with Gasteiger partial charge < -0.3 is 5.32 Å². The Morgan fingerprint density at radius 1 is 1.27 bits per heavy atom. The number of amides is 2. The molecule has 2 amide bonds. The van der Waals surface area contributed by atoms with Gasteiger partial charge >= 0.3 is 0 Å². The largest absolute Gasteiger partial charge is 0.301 e. The van der Waals surface area contributed by atoms with Crippen molar-refractivity contribution in [3.05, 3.63) is 12.2 Å². The molecule has 0 saturated heterocycles. The third-order valence-corrected chi connectivity index (χ3v) is 5.80. The third-order valence-electron chi connectivity index (χ3n) is 3.24. The Bertz CT molecular complexity index is 710. The SMILES string of the molecule is CC(=O)Nc1nnc(S(=O)(=O)NC(=O)[C@@H]2CC=CC[C@H]2C)s1. The van der Waals surface area contributed by atoms with Gasteiger partial charge in [0.05, 0.1) is 0 Å². The molecule has 0 radical (unpaired) electrons. The molecule has 2 rings (SSSR count). The lowest BCUT2D eigenvalue weighted by atomic mass is 9.84. The van der Waals surface area contributed by atoms with E-state index in [-0.39, 0.29) is 27.2 Å². The molecule has 8 nitrogen and oxygen atoms in total. The fourth-order valence-corrected chi connectivity index (χ4v) is 4.06. The first-order valence-corrected chi connectivity index (χ1v) is 8.92.